The monoisotopic (exact) mass is 700 g/mol. The van der Waals surface area contributed by atoms with Crippen LogP contribution in [0.5, 0.6) is 0 Å². The molecular formula is C33H32BrF3N4OS2. The van der Waals surface area contributed by atoms with Gasteiger partial charge in [0.15, 0.2) is 0 Å². The Morgan fingerprint density at radius 2 is 1.55 bits per heavy atom. The van der Waals surface area contributed by atoms with Crippen molar-refractivity contribution in [3.05, 3.63) is 118 Å². The minimum Gasteiger partial charge on any atom is -0.384 e. The van der Waals surface area contributed by atoms with Gasteiger partial charge in [0.2, 0.25) is 0 Å². The Labute approximate surface area is 272 Å². The standard InChI is InChI=1S/C33H32BrF3N4OS2/c34-30-9-5-4-6-25(30)23-40-17-19-41(20-18-40)26-12-10-24(11-13-26)32(42)39-44-28-14-15-31(29(22-28)33(35,36)37)38-16-21-43-27-7-2-1-3-8-27/h1-15,22,38H,16-21,23H2,(H,39,42). The first-order chi connectivity index (χ1) is 21.3. The zero-order valence-electron chi connectivity index (χ0n) is 23.8. The third-order valence-corrected chi connectivity index (χ3v) is 9.77. The highest BCUT2D eigenvalue weighted by Gasteiger charge is 2.34. The van der Waals surface area contributed by atoms with Gasteiger partial charge in [-0.3, -0.25) is 14.4 Å². The predicted molar refractivity (Wildman–Crippen MR) is 178 cm³/mol. The van der Waals surface area contributed by atoms with Crippen molar-refractivity contribution in [2.45, 2.75) is 22.5 Å². The number of hydrogen-bond donors (Lipinski definition) is 2. The van der Waals surface area contributed by atoms with Gasteiger partial charge in [0.05, 0.1) is 5.56 Å². The summed E-state index contributed by atoms with van der Waals surface area (Å²) < 4.78 is 45.3. The summed E-state index contributed by atoms with van der Waals surface area (Å²) in [6.07, 6.45) is -4.53. The molecule has 5 rings (SSSR count). The summed E-state index contributed by atoms with van der Waals surface area (Å²) in [6.45, 7) is 4.89. The maximum atomic E-state index is 13.8. The molecule has 0 saturated carbocycles. The molecule has 0 atom stereocenters. The molecule has 0 aliphatic carbocycles. The van der Waals surface area contributed by atoms with Crippen LogP contribution in [-0.4, -0.2) is 49.3 Å². The van der Waals surface area contributed by atoms with E-state index < -0.39 is 11.7 Å². The van der Waals surface area contributed by atoms with Crippen LogP contribution in [0.3, 0.4) is 0 Å². The summed E-state index contributed by atoms with van der Waals surface area (Å²) in [7, 11) is 0. The van der Waals surface area contributed by atoms with Crippen LogP contribution in [0.2, 0.25) is 0 Å². The summed E-state index contributed by atoms with van der Waals surface area (Å²) in [6, 6.07) is 29.4. The Morgan fingerprint density at radius 1 is 0.841 bits per heavy atom. The number of piperazine rings is 1. The summed E-state index contributed by atoms with van der Waals surface area (Å²) in [5.74, 6) is 0.253. The van der Waals surface area contributed by atoms with Gasteiger partial charge in [-0.2, -0.15) is 13.2 Å². The van der Waals surface area contributed by atoms with Crippen molar-refractivity contribution in [2.24, 2.45) is 0 Å². The molecule has 1 heterocycles. The van der Waals surface area contributed by atoms with Crippen molar-refractivity contribution in [3.63, 3.8) is 0 Å². The number of hydrogen-bond acceptors (Lipinski definition) is 6. The number of amides is 1. The van der Waals surface area contributed by atoms with Crippen molar-refractivity contribution >= 4 is 56.9 Å². The first-order valence-corrected chi connectivity index (χ1v) is 16.8. The highest BCUT2D eigenvalue weighted by atomic mass is 79.9. The van der Waals surface area contributed by atoms with Crippen molar-refractivity contribution in [1.29, 1.82) is 0 Å². The van der Waals surface area contributed by atoms with Gasteiger partial charge in [-0.25, -0.2) is 0 Å². The molecule has 0 bridgehead atoms. The molecule has 1 fully saturated rings. The molecular weight excluding hydrogens is 669 g/mol. The molecule has 0 unspecified atom stereocenters. The van der Waals surface area contributed by atoms with Crippen molar-refractivity contribution in [3.8, 4) is 0 Å². The zero-order chi connectivity index (χ0) is 30.9. The smallest absolute Gasteiger partial charge is 0.384 e. The fourth-order valence-corrected chi connectivity index (χ4v) is 6.71. The molecule has 0 aromatic heterocycles. The highest BCUT2D eigenvalue weighted by molar-refractivity contribution is 9.10. The van der Waals surface area contributed by atoms with E-state index in [1.165, 1.54) is 11.6 Å². The summed E-state index contributed by atoms with van der Waals surface area (Å²) in [4.78, 5) is 18.9. The number of nitrogens with zero attached hydrogens (tertiary/aromatic N) is 2. The van der Waals surface area contributed by atoms with E-state index in [1.54, 1.807) is 30.0 Å². The average molecular weight is 702 g/mol. The second-order valence-corrected chi connectivity index (χ2v) is 13.1. The van der Waals surface area contributed by atoms with Gasteiger partial charge in [-0.15, -0.1) is 11.8 Å². The molecule has 230 valence electrons. The van der Waals surface area contributed by atoms with Crippen LogP contribution in [0.4, 0.5) is 24.5 Å². The van der Waals surface area contributed by atoms with Gasteiger partial charge >= 0.3 is 6.18 Å². The molecule has 44 heavy (non-hydrogen) atoms. The summed E-state index contributed by atoms with van der Waals surface area (Å²) in [5, 5.41) is 2.91. The van der Waals surface area contributed by atoms with E-state index >= 15 is 0 Å². The molecule has 1 aliphatic rings. The lowest BCUT2D eigenvalue weighted by Gasteiger charge is -2.36. The number of halogens is 4. The Balaban J connectivity index is 1.11. The fourth-order valence-electron chi connectivity index (χ4n) is 4.87. The van der Waals surface area contributed by atoms with E-state index in [4.69, 9.17) is 0 Å². The van der Waals surface area contributed by atoms with Crippen LogP contribution in [-0.2, 0) is 12.7 Å². The number of carbonyl (C=O) groups is 1. The van der Waals surface area contributed by atoms with E-state index in [0.717, 1.165) is 65.8 Å². The van der Waals surface area contributed by atoms with Crippen LogP contribution in [0.1, 0.15) is 21.5 Å². The Hall–Kier alpha value is -3.12. The van der Waals surface area contributed by atoms with E-state index in [0.29, 0.717) is 22.8 Å². The predicted octanol–water partition coefficient (Wildman–Crippen LogP) is 8.43. The first-order valence-electron chi connectivity index (χ1n) is 14.2. The highest BCUT2D eigenvalue weighted by Crippen LogP contribution is 2.37. The molecule has 4 aromatic rings. The van der Waals surface area contributed by atoms with Gasteiger partial charge in [0, 0.05) is 76.2 Å². The Bertz CT molecular complexity index is 1530. The first kappa shape index (κ1) is 32.3. The number of thioether (sulfide) groups is 1. The largest absolute Gasteiger partial charge is 0.418 e. The topological polar surface area (TPSA) is 47.6 Å². The lowest BCUT2D eigenvalue weighted by Crippen LogP contribution is -2.46. The summed E-state index contributed by atoms with van der Waals surface area (Å²) in [5.41, 5.74) is 2.01. The number of anilines is 2. The Morgan fingerprint density at radius 3 is 2.25 bits per heavy atom. The molecule has 1 saturated heterocycles. The van der Waals surface area contributed by atoms with Gasteiger partial charge in [-0.1, -0.05) is 52.3 Å². The number of rotatable bonds is 11. The zero-order valence-corrected chi connectivity index (χ0v) is 27.0. The number of nitrogens with one attached hydrogen (secondary N) is 2. The fraction of sp³-hybridized carbons (Fsp3) is 0.242. The molecule has 2 N–H and O–H groups in total. The van der Waals surface area contributed by atoms with Gasteiger partial charge < -0.3 is 10.2 Å². The molecule has 1 amide bonds. The number of benzene rings is 4. The van der Waals surface area contributed by atoms with Crippen LogP contribution >= 0.6 is 39.6 Å². The molecule has 11 heteroatoms. The minimum absolute atomic E-state index is 0.0196. The second kappa shape index (κ2) is 15.2. The van der Waals surface area contributed by atoms with E-state index in [2.05, 4.69) is 54.0 Å². The second-order valence-electron chi connectivity index (χ2n) is 10.2. The maximum Gasteiger partial charge on any atom is 0.418 e. The van der Waals surface area contributed by atoms with Crippen molar-refractivity contribution in [2.75, 3.05) is 48.7 Å². The van der Waals surface area contributed by atoms with E-state index in [-0.39, 0.29) is 11.6 Å². The minimum atomic E-state index is -4.53. The third-order valence-electron chi connectivity index (χ3n) is 7.21. The van der Waals surface area contributed by atoms with Crippen LogP contribution < -0.4 is 14.9 Å². The van der Waals surface area contributed by atoms with E-state index in [1.807, 2.05) is 48.5 Å². The van der Waals surface area contributed by atoms with Crippen LogP contribution in [0, 0.1) is 0 Å². The summed E-state index contributed by atoms with van der Waals surface area (Å²) >= 11 is 6.07. The normalized spacial score (nSPS) is 14.0. The lowest BCUT2D eigenvalue weighted by molar-refractivity contribution is -0.137. The molecule has 1 aliphatic heterocycles. The van der Waals surface area contributed by atoms with Crippen LogP contribution in [0.25, 0.3) is 0 Å². The van der Waals surface area contributed by atoms with Crippen LogP contribution in [0.15, 0.2) is 111 Å². The van der Waals surface area contributed by atoms with E-state index in [9.17, 15) is 18.0 Å². The lowest BCUT2D eigenvalue weighted by atomic mass is 10.1. The van der Waals surface area contributed by atoms with Gasteiger partial charge in [0.1, 0.15) is 0 Å². The molecule has 5 nitrogen and oxygen atoms in total. The van der Waals surface area contributed by atoms with Gasteiger partial charge in [-0.05, 0) is 78.2 Å². The quantitative estimate of drug-likeness (QED) is 0.0931. The molecule has 4 aromatic carbocycles. The van der Waals surface area contributed by atoms with Crippen molar-refractivity contribution in [1.82, 2.24) is 9.62 Å². The third kappa shape index (κ3) is 8.97. The maximum absolute atomic E-state index is 13.8. The molecule has 0 radical (unpaired) electrons. The van der Waals surface area contributed by atoms with Crippen molar-refractivity contribution < 1.29 is 18.0 Å². The Kier molecular flexibility index (Phi) is 11.2. The number of alkyl halides is 3. The SMILES string of the molecule is O=C(NSc1ccc(NCCSc2ccccc2)c(C(F)(F)F)c1)c1ccc(N2CCN(Cc3ccccc3Br)CC2)cc1. The number of carbonyl (C=O) groups excluding carboxylic acids is 1. The molecule has 0 spiro atoms. The average Bonchev–Trinajstić information content (AvgIpc) is 3.04. The van der Waals surface area contributed by atoms with Gasteiger partial charge in [0.25, 0.3) is 5.91 Å².